The molecule has 1 saturated carbocycles. The molecular weight excluding hydrogens is 244 g/mol. The van der Waals surface area contributed by atoms with E-state index in [0.717, 1.165) is 12.1 Å². The number of rotatable bonds is 4. The van der Waals surface area contributed by atoms with Crippen molar-refractivity contribution in [1.82, 2.24) is 0 Å². The first kappa shape index (κ1) is 13.6. The number of benzene rings is 1. The fraction of sp³-hybridized carbons (Fsp3) is 0.571. The van der Waals surface area contributed by atoms with Gasteiger partial charge in [-0.2, -0.15) is 0 Å². The molecule has 1 N–H and O–H groups in total. The van der Waals surface area contributed by atoms with Crippen LogP contribution in [0.5, 0.6) is 5.75 Å². The number of hydrogen-bond acceptors (Lipinski definition) is 4. The average Bonchev–Trinajstić information content (AvgIpc) is 2.69. The van der Waals surface area contributed by atoms with Crippen molar-refractivity contribution in [3.63, 3.8) is 0 Å². The van der Waals surface area contributed by atoms with Gasteiger partial charge >= 0.3 is 0 Å². The van der Waals surface area contributed by atoms with Gasteiger partial charge in [0.1, 0.15) is 5.75 Å². The summed E-state index contributed by atoms with van der Waals surface area (Å²) in [6.45, 7) is 4.49. The average molecular weight is 264 g/mol. The molecule has 1 unspecified atom stereocenters. The molecule has 0 saturated heterocycles. The highest BCUT2D eigenvalue weighted by Crippen LogP contribution is 2.40. The van der Waals surface area contributed by atoms with Crippen LogP contribution in [-0.4, -0.2) is 18.1 Å². The van der Waals surface area contributed by atoms with E-state index >= 15 is 0 Å². The van der Waals surface area contributed by atoms with Crippen molar-refractivity contribution in [3.05, 3.63) is 28.3 Å². The zero-order valence-electron chi connectivity index (χ0n) is 11.6. The number of ether oxygens (including phenoxy) is 1. The minimum Gasteiger partial charge on any atom is -0.494 e. The maximum absolute atomic E-state index is 10.8. The summed E-state index contributed by atoms with van der Waals surface area (Å²) < 4.78 is 5.25. The van der Waals surface area contributed by atoms with E-state index in [4.69, 9.17) is 4.74 Å². The first-order valence-electron chi connectivity index (χ1n) is 6.53. The van der Waals surface area contributed by atoms with E-state index in [-0.39, 0.29) is 11.1 Å². The zero-order valence-corrected chi connectivity index (χ0v) is 11.6. The Bertz CT molecular complexity index is 486. The molecule has 0 aromatic heterocycles. The Balaban J connectivity index is 2.23. The second kappa shape index (κ2) is 5.07. The fourth-order valence-electron chi connectivity index (χ4n) is 2.69. The quantitative estimate of drug-likeness (QED) is 0.666. The molecule has 19 heavy (non-hydrogen) atoms. The highest BCUT2D eigenvalue weighted by molar-refractivity contribution is 5.61. The van der Waals surface area contributed by atoms with E-state index in [0.29, 0.717) is 11.8 Å². The number of nitro groups is 1. The number of hydrogen-bond donors (Lipinski definition) is 1. The number of anilines is 1. The van der Waals surface area contributed by atoms with E-state index in [1.807, 2.05) is 0 Å². The SMILES string of the molecule is COc1cc([N+](=O)[O-])ccc1NC1CCCC1(C)C. The van der Waals surface area contributed by atoms with Gasteiger partial charge in [0.15, 0.2) is 0 Å². The highest BCUT2D eigenvalue weighted by Gasteiger charge is 2.34. The lowest BCUT2D eigenvalue weighted by atomic mass is 9.87. The summed E-state index contributed by atoms with van der Waals surface area (Å²) in [6, 6.07) is 5.07. The normalized spacial score (nSPS) is 21.1. The second-order valence-electron chi connectivity index (χ2n) is 5.72. The third-order valence-electron chi connectivity index (χ3n) is 3.98. The zero-order chi connectivity index (χ0) is 14.0. The number of nitrogens with zero attached hydrogens (tertiary/aromatic N) is 1. The molecule has 0 spiro atoms. The third kappa shape index (κ3) is 2.80. The van der Waals surface area contributed by atoms with Crippen molar-refractivity contribution >= 4 is 11.4 Å². The molecule has 0 radical (unpaired) electrons. The highest BCUT2D eigenvalue weighted by atomic mass is 16.6. The molecule has 1 aromatic rings. The molecule has 2 rings (SSSR count). The maximum Gasteiger partial charge on any atom is 0.273 e. The van der Waals surface area contributed by atoms with Gasteiger partial charge < -0.3 is 10.1 Å². The van der Waals surface area contributed by atoms with Gasteiger partial charge in [0.05, 0.1) is 23.8 Å². The van der Waals surface area contributed by atoms with Crippen LogP contribution in [0.15, 0.2) is 18.2 Å². The third-order valence-corrected chi connectivity index (χ3v) is 3.98. The lowest BCUT2D eigenvalue weighted by Crippen LogP contribution is -2.30. The summed E-state index contributed by atoms with van der Waals surface area (Å²) >= 11 is 0. The molecule has 1 aromatic carbocycles. The van der Waals surface area contributed by atoms with E-state index in [1.54, 1.807) is 6.07 Å². The molecule has 1 aliphatic carbocycles. The molecule has 1 fully saturated rings. The van der Waals surface area contributed by atoms with Gasteiger partial charge in [-0.3, -0.25) is 10.1 Å². The first-order valence-corrected chi connectivity index (χ1v) is 6.53. The summed E-state index contributed by atoms with van der Waals surface area (Å²) in [5.74, 6) is 0.525. The molecule has 0 heterocycles. The molecular formula is C14H20N2O3. The van der Waals surface area contributed by atoms with Gasteiger partial charge in [-0.25, -0.2) is 0 Å². The summed E-state index contributed by atoms with van der Waals surface area (Å²) in [6.07, 6.45) is 3.52. The van der Waals surface area contributed by atoms with Crippen molar-refractivity contribution < 1.29 is 9.66 Å². The van der Waals surface area contributed by atoms with Gasteiger partial charge in [0.25, 0.3) is 5.69 Å². The molecule has 1 aliphatic rings. The monoisotopic (exact) mass is 264 g/mol. The van der Waals surface area contributed by atoms with Crippen LogP contribution in [0.25, 0.3) is 0 Å². The first-order chi connectivity index (χ1) is 8.94. The van der Waals surface area contributed by atoms with Crippen molar-refractivity contribution in [2.24, 2.45) is 5.41 Å². The molecule has 0 bridgehead atoms. The maximum atomic E-state index is 10.8. The minimum absolute atomic E-state index is 0.0492. The smallest absolute Gasteiger partial charge is 0.273 e. The largest absolute Gasteiger partial charge is 0.494 e. The predicted molar refractivity (Wildman–Crippen MR) is 74.7 cm³/mol. The predicted octanol–water partition coefficient (Wildman–Crippen LogP) is 3.59. The standard InChI is InChI=1S/C14H20N2O3/c1-14(2)8-4-5-13(14)15-11-7-6-10(16(17)18)9-12(11)19-3/h6-7,9,13,15H,4-5,8H2,1-3H3. The molecule has 104 valence electrons. The Morgan fingerprint density at radius 2 is 2.21 bits per heavy atom. The van der Waals surface area contributed by atoms with E-state index in [9.17, 15) is 10.1 Å². The number of non-ortho nitro benzene ring substituents is 1. The Morgan fingerprint density at radius 3 is 2.74 bits per heavy atom. The van der Waals surface area contributed by atoms with Gasteiger partial charge in [-0.05, 0) is 24.3 Å². The number of nitro benzene ring substituents is 1. The van der Waals surface area contributed by atoms with E-state index in [1.165, 1.54) is 32.1 Å². The second-order valence-corrected chi connectivity index (χ2v) is 5.72. The Labute approximate surface area is 113 Å². The van der Waals surface area contributed by atoms with Gasteiger partial charge in [-0.1, -0.05) is 20.3 Å². The van der Waals surface area contributed by atoms with Crippen molar-refractivity contribution in [2.45, 2.75) is 39.2 Å². The Hall–Kier alpha value is -1.78. The lowest BCUT2D eigenvalue weighted by molar-refractivity contribution is -0.384. The van der Waals surface area contributed by atoms with Crippen molar-refractivity contribution in [2.75, 3.05) is 12.4 Å². The summed E-state index contributed by atoms with van der Waals surface area (Å²) in [7, 11) is 1.53. The Morgan fingerprint density at radius 1 is 1.47 bits per heavy atom. The van der Waals surface area contributed by atoms with Gasteiger partial charge in [0.2, 0.25) is 0 Å². The fourth-order valence-corrected chi connectivity index (χ4v) is 2.69. The van der Waals surface area contributed by atoms with Crippen LogP contribution >= 0.6 is 0 Å². The molecule has 0 aliphatic heterocycles. The van der Waals surface area contributed by atoms with E-state index in [2.05, 4.69) is 19.2 Å². The molecule has 1 atom stereocenters. The van der Waals surface area contributed by atoms with Crippen LogP contribution < -0.4 is 10.1 Å². The van der Waals surface area contributed by atoms with Crippen LogP contribution in [0.4, 0.5) is 11.4 Å². The van der Waals surface area contributed by atoms with Crippen LogP contribution in [0, 0.1) is 15.5 Å². The molecule has 0 amide bonds. The number of nitrogens with one attached hydrogen (secondary N) is 1. The van der Waals surface area contributed by atoms with Crippen LogP contribution in [0.1, 0.15) is 33.1 Å². The minimum atomic E-state index is -0.411. The Kier molecular flexibility index (Phi) is 3.64. The van der Waals surface area contributed by atoms with E-state index < -0.39 is 4.92 Å². The van der Waals surface area contributed by atoms with Gasteiger partial charge in [0, 0.05) is 12.1 Å². The van der Waals surface area contributed by atoms with Gasteiger partial charge in [-0.15, -0.1) is 0 Å². The van der Waals surface area contributed by atoms with Crippen LogP contribution in [0.2, 0.25) is 0 Å². The van der Waals surface area contributed by atoms with Crippen LogP contribution in [-0.2, 0) is 0 Å². The summed E-state index contributed by atoms with van der Waals surface area (Å²) in [5.41, 5.74) is 1.12. The lowest BCUT2D eigenvalue weighted by Gasteiger charge is -2.29. The van der Waals surface area contributed by atoms with Crippen molar-refractivity contribution in [1.29, 1.82) is 0 Å². The summed E-state index contributed by atoms with van der Waals surface area (Å²) in [4.78, 5) is 10.3. The van der Waals surface area contributed by atoms with Crippen LogP contribution in [0.3, 0.4) is 0 Å². The summed E-state index contributed by atoms with van der Waals surface area (Å²) in [5, 5.41) is 14.2. The topological polar surface area (TPSA) is 64.4 Å². The molecule has 5 heteroatoms. The number of methoxy groups -OCH3 is 1. The van der Waals surface area contributed by atoms with Crippen molar-refractivity contribution in [3.8, 4) is 5.75 Å². The molecule has 5 nitrogen and oxygen atoms in total.